The van der Waals surface area contributed by atoms with E-state index in [1.807, 2.05) is 0 Å². The molecule has 8 heteroatoms. The summed E-state index contributed by atoms with van der Waals surface area (Å²) in [6, 6.07) is 6.31. The van der Waals surface area contributed by atoms with Crippen LogP contribution in [-0.2, 0) is 19.1 Å². The Bertz CT molecular complexity index is 723. The highest BCUT2D eigenvalue weighted by molar-refractivity contribution is 6.03. The first-order valence-electron chi connectivity index (χ1n) is 8.51. The van der Waals surface area contributed by atoms with Gasteiger partial charge in [-0.25, -0.2) is 19.2 Å². The summed E-state index contributed by atoms with van der Waals surface area (Å²) in [6.07, 6.45) is 3.74. The lowest BCUT2D eigenvalue weighted by atomic mass is 10.1. The Morgan fingerprint density at radius 2 is 1.16 bits per heavy atom. The van der Waals surface area contributed by atoms with Crippen LogP contribution in [0.3, 0.4) is 0 Å². The summed E-state index contributed by atoms with van der Waals surface area (Å²) in [5.41, 5.74) is 0.525. The van der Waals surface area contributed by atoms with Gasteiger partial charge in [-0.3, -0.25) is 0 Å². The normalized spacial score (nSPS) is 8.03. The number of carbonyl (C=O) groups is 4. The molecule has 31 heavy (non-hydrogen) atoms. The van der Waals surface area contributed by atoms with Gasteiger partial charge in [0.15, 0.2) is 0 Å². The molecule has 0 bridgehead atoms. The Morgan fingerprint density at radius 1 is 0.871 bits per heavy atom. The molecule has 0 saturated heterocycles. The van der Waals surface area contributed by atoms with Crippen LogP contribution in [0.5, 0.6) is 0 Å². The zero-order valence-electron chi connectivity index (χ0n) is 17.5. The van der Waals surface area contributed by atoms with Crippen LogP contribution < -0.4 is 0 Å². The van der Waals surface area contributed by atoms with Gasteiger partial charge in [-0.2, -0.15) is 0 Å². The Kier molecular flexibility index (Phi) is 20.9. The third-order valence-electron chi connectivity index (χ3n) is 2.57. The average Bonchev–Trinajstić information content (AvgIpc) is 2.77. The Hall–Kier alpha value is -4.20. The number of esters is 2. The first-order chi connectivity index (χ1) is 14.6. The van der Waals surface area contributed by atoms with Crippen molar-refractivity contribution in [1.29, 1.82) is 0 Å². The van der Waals surface area contributed by atoms with Gasteiger partial charge in [0.05, 0.1) is 11.1 Å². The number of carbonyl (C=O) groups excluding carboxylic acids is 2. The van der Waals surface area contributed by atoms with Gasteiger partial charge in [0, 0.05) is 11.6 Å². The molecule has 1 aromatic carbocycles. The van der Waals surface area contributed by atoms with Gasteiger partial charge >= 0.3 is 23.9 Å². The predicted octanol–water partition coefficient (Wildman–Crippen LogP) is 4.08. The van der Waals surface area contributed by atoms with Gasteiger partial charge in [0.25, 0.3) is 0 Å². The molecule has 8 nitrogen and oxygen atoms in total. The van der Waals surface area contributed by atoms with Crippen LogP contribution in [0, 0.1) is 0 Å². The minimum absolute atomic E-state index is 0.0921. The van der Waals surface area contributed by atoms with E-state index in [9.17, 15) is 19.2 Å². The van der Waals surface area contributed by atoms with Gasteiger partial charge < -0.3 is 19.7 Å². The van der Waals surface area contributed by atoms with E-state index in [0.717, 1.165) is 6.08 Å². The smallest absolute Gasteiger partial charge is 0.339 e. The Labute approximate surface area is 182 Å². The van der Waals surface area contributed by atoms with Gasteiger partial charge in [0.1, 0.15) is 13.2 Å². The van der Waals surface area contributed by atoms with E-state index >= 15 is 0 Å². The first kappa shape index (κ1) is 31.5. The summed E-state index contributed by atoms with van der Waals surface area (Å²) in [5.74, 6) is -3.08. The number of benzene rings is 1. The fourth-order valence-electron chi connectivity index (χ4n) is 1.26. The van der Waals surface area contributed by atoms with Crippen molar-refractivity contribution in [2.24, 2.45) is 0 Å². The highest BCUT2D eigenvalue weighted by Gasteiger charge is 2.18. The lowest BCUT2D eigenvalue weighted by molar-refractivity contribution is -0.133. The standard InChI is InChI=1S/C14H14O4.C4H6O2.C3H4O2.C2H4/c1-3-9-17-13(15)11-7-5-6-8-12(11)14(16)18-10-4-2;1-3(2)4(5)6;1-2-3(4)5;1-2/h3-8H,1-2,9-10H2;1H2,2H3,(H,5,6);2H,1H2,(H,4,5);1-2H2. The van der Waals surface area contributed by atoms with Crippen molar-refractivity contribution in [2.45, 2.75) is 6.92 Å². The van der Waals surface area contributed by atoms with Crippen molar-refractivity contribution in [3.8, 4) is 0 Å². The molecule has 0 aliphatic heterocycles. The molecule has 0 aliphatic carbocycles. The maximum Gasteiger partial charge on any atom is 0.339 e. The van der Waals surface area contributed by atoms with Crippen molar-refractivity contribution >= 4 is 23.9 Å². The number of carboxylic acids is 2. The highest BCUT2D eigenvalue weighted by atomic mass is 16.5. The van der Waals surface area contributed by atoms with Crippen LogP contribution in [0.25, 0.3) is 0 Å². The molecular formula is C23H28O8. The number of hydrogen-bond acceptors (Lipinski definition) is 6. The van der Waals surface area contributed by atoms with Crippen LogP contribution >= 0.6 is 0 Å². The zero-order valence-corrected chi connectivity index (χ0v) is 17.5. The molecule has 0 radical (unpaired) electrons. The molecule has 1 rings (SSSR count). The molecule has 0 fully saturated rings. The predicted molar refractivity (Wildman–Crippen MR) is 119 cm³/mol. The van der Waals surface area contributed by atoms with Crippen molar-refractivity contribution in [1.82, 2.24) is 0 Å². The van der Waals surface area contributed by atoms with E-state index in [0.29, 0.717) is 0 Å². The van der Waals surface area contributed by atoms with Crippen LogP contribution in [-0.4, -0.2) is 47.3 Å². The molecule has 2 N–H and O–H groups in total. The van der Waals surface area contributed by atoms with E-state index in [4.69, 9.17) is 19.7 Å². The topological polar surface area (TPSA) is 127 Å². The number of carboxylic acid groups (broad SMARTS) is 2. The fourth-order valence-corrected chi connectivity index (χ4v) is 1.26. The Balaban J connectivity index is -0.000000496. The summed E-state index contributed by atoms with van der Waals surface area (Å²) in [5, 5.41) is 15.5. The molecule has 168 valence electrons. The number of aliphatic carboxylic acids is 2. The zero-order chi connectivity index (χ0) is 24.8. The number of rotatable bonds is 8. The molecule has 0 saturated carbocycles. The molecule has 0 atom stereocenters. The summed E-state index contributed by atoms with van der Waals surface area (Å²) in [7, 11) is 0. The molecular weight excluding hydrogens is 404 g/mol. The maximum absolute atomic E-state index is 11.7. The maximum atomic E-state index is 11.7. The summed E-state index contributed by atoms with van der Waals surface area (Å²) in [4.78, 5) is 42.3. The van der Waals surface area contributed by atoms with Crippen molar-refractivity contribution in [2.75, 3.05) is 13.2 Å². The van der Waals surface area contributed by atoms with E-state index in [2.05, 4.69) is 39.5 Å². The molecule has 0 amide bonds. The molecule has 0 aromatic heterocycles. The minimum atomic E-state index is -0.981. The van der Waals surface area contributed by atoms with E-state index < -0.39 is 23.9 Å². The van der Waals surface area contributed by atoms with Gasteiger partial charge in [-0.1, -0.05) is 50.6 Å². The second-order valence-electron chi connectivity index (χ2n) is 4.95. The minimum Gasteiger partial charge on any atom is -0.478 e. The van der Waals surface area contributed by atoms with Gasteiger partial charge in [0.2, 0.25) is 0 Å². The third kappa shape index (κ3) is 17.6. The van der Waals surface area contributed by atoms with Crippen LogP contribution in [0.2, 0.25) is 0 Å². The van der Waals surface area contributed by atoms with Crippen LogP contribution in [0.15, 0.2) is 87.5 Å². The van der Waals surface area contributed by atoms with E-state index in [1.54, 1.807) is 12.1 Å². The quantitative estimate of drug-likeness (QED) is 0.357. The molecule has 0 aliphatic rings. The average molecular weight is 432 g/mol. The second-order valence-corrected chi connectivity index (χ2v) is 4.95. The first-order valence-corrected chi connectivity index (χ1v) is 8.51. The second kappa shape index (κ2) is 20.5. The van der Waals surface area contributed by atoms with Crippen molar-refractivity contribution in [3.63, 3.8) is 0 Å². The van der Waals surface area contributed by atoms with Crippen LogP contribution in [0.1, 0.15) is 27.6 Å². The molecule has 0 spiro atoms. The lowest BCUT2D eigenvalue weighted by Crippen LogP contribution is -2.14. The molecule has 1 aromatic rings. The summed E-state index contributed by atoms with van der Waals surface area (Å²) >= 11 is 0. The summed E-state index contributed by atoms with van der Waals surface area (Å²) in [6.45, 7) is 20.6. The molecule has 0 heterocycles. The number of ether oxygens (including phenoxy) is 2. The third-order valence-corrected chi connectivity index (χ3v) is 2.57. The SMILES string of the molecule is C=C.C=C(C)C(=O)O.C=CC(=O)O.C=CCOC(=O)c1ccccc1C(=O)OCC=C. The van der Waals surface area contributed by atoms with Crippen molar-refractivity contribution in [3.05, 3.63) is 98.7 Å². The Morgan fingerprint density at radius 3 is 1.35 bits per heavy atom. The van der Waals surface area contributed by atoms with E-state index in [1.165, 1.54) is 31.2 Å². The van der Waals surface area contributed by atoms with Gasteiger partial charge in [-0.15, -0.1) is 13.2 Å². The van der Waals surface area contributed by atoms with Crippen LogP contribution in [0.4, 0.5) is 0 Å². The number of hydrogen-bond donors (Lipinski definition) is 2. The lowest BCUT2D eigenvalue weighted by Gasteiger charge is -2.07. The summed E-state index contributed by atoms with van der Waals surface area (Å²) < 4.78 is 9.78. The van der Waals surface area contributed by atoms with Crippen molar-refractivity contribution < 1.29 is 38.9 Å². The monoisotopic (exact) mass is 432 g/mol. The van der Waals surface area contributed by atoms with E-state index in [-0.39, 0.29) is 29.9 Å². The largest absolute Gasteiger partial charge is 0.478 e. The highest BCUT2D eigenvalue weighted by Crippen LogP contribution is 2.12. The fraction of sp³-hybridized carbons (Fsp3) is 0.130. The van der Waals surface area contributed by atoms with Gasteiger partial charge in [-0.05, 0) is 19.1 Å². The molecule has 0 unspecified atom stereocenters.